The molecule has 1 N–H and O–H groups in total. The van der Waals surface area contributed by atoms with Crippen LogP contribution < -0.4 is 5.32 Å². The highest BCUT2D eigenvalue weighted by atomic mass is 32.2. The largest absolute Gasteiger partial charge is 0.316 e. The monoisotopic (exact) mass is 187 g/mol. The fraction of sp³-hybridized carbons (Fsp3) is 1.00. The van der Waals surface area contributed by atoms with E-state index in [9.17, 15) is 0 Å². The van der Waals surface area contributed by atoms with Crippen molar-refractivity contribution < 1.29 is 0 Å². The van der Waals surface area contributed by atoms with Gasteiger partial charge in [0.25, 0.3) is 0 Å². The normalized spacial score (nSPS) is 24.8. The van der Waals surface area contributed by atoms with Gasteiger partial charge in [-0.15, -0.1) is 0 Å². The van der Waals surface area contributed by atoms with Crippen LogP contribution in [0.25, 0.3) is 0 Å². The van der Waals surface area contributed by atoms with Crippen LogP contribution >= 0.6 is 11.8 Å². The Hall–Kier alpha value is 0.310. The Labute approximate surface area is 80.7 Å². The zero-order valence-electron chi connectivity index (χ0n) is 8.52. The van der Waals surface area contributed by atoms with Crippen LogP contribution in [0.2, 0.25) is 0 Å². The highest BCUT2D eigenvalue weighted by Crippen LogP contribution is 2.22. The van der Waals surface area contributed by atoms with Crippen LogP contribution in [0.4, 0.5) is 0 Å². The number of nitrogens with one attached hydrogen (secondary N) is 1. The standard InChI is InChI=1S/C10H21NS/c1-10(2,3)8-11-6-9-4-5-12-7-9/h9,11H,4-8H2,1-3H3. The Balaban J connectivity index is 2.02. The van der Waals surface area contributed by atoms with Gasteiger partial charge >= 0.3 is 0 Å². The lowest BCUT2D eigenvalue weighted by atomic mass is 9.96. The average molecular weight is 187 g/mol. The van der Waals surface area contributed by atoms with Gasteiger partial charge < -0.3 is 5.32 Å². The van der Waals surface area contributed by atoms with Crippen LogP contribution in [0.15, 0.2) is 0 Å². The van der Waals surface area contributed by atoms with E-state index in [0.29, 0.717) is 5.41 Å². The first-order valence-electron chi connectivity index (χ1n) is 4.86. The topological polar surface area (TPSA) is 12.0 Å². The van der Waals surface area contributed by atoms with Gasteiger partial charge in [0.1, 0.15) is 0 Å². The van der Waals surface area contributed by atoms with E-state index >= 15 is 0 Å². The third-order valence-corrected chi connectivity index (χ3v) is 3.34. The Morgan fingerprint density at radius 2 is 2.17 bits per heavy atom. The maximum atomic E-state index is 3.55. The minimum Gasteiger partial charge on any atom is -0.316 e. The molecule has 1 fully saturated rings. The molecule has 1 saturated heterocycles. The first kappa shape index (κ1) is 10.4. The highest BCUT2D eigenvalue weighted by Gasteiger charge is 2.16. The van der Waals surface area contributed by atoms with E-state index < -0.39 is 0 Å². The summed E-state index contributed by atoms with van der Waals surface area (Å²) in [5.41, 5.74) is 0.436. The van der Waals surface area contributed by atoms with Crippen molar-refractivity contribution in [3.8, 4) is 0 Å². The summed E-state index contributed by atoms with van der Waals surface area (Å²) >= 11 is 2.10. The van der Waals surface area contributed by atoms with Gasteiger partial charge in [0.05, 0.1) is 0 Å². The summed E-state index contributed by atoms with van der Waals surface area (Å²) in [6.45, 7) is 9.22. The van der Waals surface area contributed by atoms with Crippen LogP contribution in [0, 0.1) is 11.3 Å². The lowest BCUT2D eigenvalue weighted by Crippen LogP contribution is -2.31. The highest BCUT2D eigenvalue weighted by molar-refractivity contribution is 7.99. The van der Waals surface area contributed by atoms with Crippen molar-refractivity contribution in [1.29, 1.82) is 0 Å². The summed E-state index contributed by atoms with van der Waals surface area (Å²) in [6.07, 6.45) is 1.42. The molecule has 0 aromatic carbocycles. The van der Waals surface area contributed by atoms with Crippen molar-refractivity contribution in [3.63, 3.8) is 0 Å². The quantitative estimate of drug-likeness (QED) is 0.728. The van der Waals surface area contributed by atoms with Gasteiger partial charge in [-0.1, -0.05) is 20.8 Å². The molecular formula is C10H21NS. The Morgan fingerprint density at radius 3 is 2.67 bits per heavy atom. The fourth-order valence-electron chi connectivity index (χ4n) is 1.40. The number of hydrogen-bond acceptors (Lipinski definition) is 2. The minimum absolute atomic E-state index is 0.436. The van der Waals surface area contributed by atoms with Crippen LogP contribution in [0.3, 0.4) is 0 Å². The van der Waals surface area contributed by atoms with Crippen molar-refractivity contribution in [1.82, 2.24) is 5.32 Å². The van der Waals surface area contributed by atoms with E-state index in [1.807, 2.05) is 0 Å². The summed E-state index contributed by atoms with van der Waals surface area (Å²) < 4.78 is 0. The summed E-state index contributed by atoms with van der Waals surface area (Å²) in [5.74, 6) is 3.69. The first-order chi connectivity index (χ1) is 5.58. The second kappa shape index (κ2) is 4.52. The first-order valence-corrected chi connectivity index (χ1v) is 6.02. The van der Waals surface area contributed by atoms with Gasteiger partial charge in [0.2, 0.25) is 0 Å². The predicted octanol–water partition coefficient (Wildman–Crippen LogP) is 2.38. The molecular weight excluding hydrogens is 166 g/mol. The second-order valence-corrected chi connectivity index (χ2v) is 6.07. The Morgan fingerprint density at radius 1 is 1.42 bits per heavy atom. The number of hydrogen-bond donors (Lipinski definition) is 1. The van der Waals surface area contributed by atoms with Gasteiger partial charge in [-0.05, 0) is 42.3 Å². The summed E-state index contributed by atoms with van der Waals surface area (Å²) in [7, 11) is 0. The summed E-state index contributed by atoms with van der Waals surface area (Å²) in [4.78, 5) is 0. The maximum absolute atomic E-state index is 3.55. The molecule has 1 unspecified atom stereocenters. The van der Waals surface area contributed by atoms with E-state index in [1.54, 1.807) is 0 Å². The molecule has 1 aliphatic rings. The number of thioether (sulfide) groups is 1. The van der Waals surface area contributed by atoms with Crippen molar-refractivity contribution in [2.75, 3.05) is 24.6 Å². The van der Waals surface area contributed by atoms with Gasteiger partial charge in [-0.25, -0.2) is 0 Å². The van der Waals surface area contributed by atoms with E-state index in [4.69, 9.17) is 0 Å². The average Bonchev–Trinajstić information content (AvgIpc) is 2.36. The lowest BCUT2D eigenvalue weighted by molar-refractivity contribution is 0.365. The Bertz CT molecular complexity index is 122. The molecule has 1 heterocycles. The van der Waals surface area contributed by atoms with E-state index in [-0.39, 0.29) is 0 Å². The van der Waals surface area contributed by atoms with Crippen molar-refractivity contribution in [3.05, 3.63) is 0 Å². The molecule has 0 aromatic rings. The van der Waals surface area contributed by atoms with Gasteiger partial charge in [0, 0.05) is 0 Å². The minimum atomic E-state index is 0.436. The molecule has 0 radical (unpaired) electrons. The molecule has 0 bridgehead atoms. The van der Waals surface area contributed by atoms with Crippen LogP contribution in [-0.4, -0.2) is 24.6 Å². The lowest BCUT2D eigenvalue weighted by Gasteiger charge is -2.20. The molecule has 0 aromatic heterocycles. The maximum Gasteiger partial charge on any atom is -0.000000369 e. The molecule has 0 saturated carbocycles. The molecule has 0 aliphatic carbocycles. The zero-order valence-corrected chi connectivity index (χ0v) is 9.34. The second-order valence-electron chi connectivity index (χ2n) is 4.92. The van der Waals surface area contributed by atoms with Crippen LogP contribution in [0.1, 0.15) is 27.2 Å². The van der Waals surface area contributed by atoms with Crippen molar-refractivity contribution in [2.45, 2.75) is 27.2 Å². The van der Waals surface area contributed by atoms with E-state index in [1.165, 1.54) is 24.5 Å². The summed E-state index contributed by atoms with van der Waals surface area (Å²) in [5, 5.41) is 3.55. The van der Waals surface area contributed by atoms with Crippen LogP contribution in [0.5, 0.6) is 0 Å². The van der Waals surface area contributed by atoms with Crippen molar-refractivity contribution in [2.24, 2.45) is 11.3 Å². The molecule has 72 valence electrons. The molecule has 1 nitrogen and oxygen atoms in total. The smallest absolute Gasteiger partial charge is 0.000000369 e. The Kier molecular flexibility index (Phi) is 3.91. The summed E-state index contributed by atoms with van der Waals surface area (Å²) in [6, 6.07) is 0. The molecule has 12 heavy (non-hydrogen) atoms. The number of rotatable bonds is 3. The third-order valence-electron chi connectivity index (χ3n) is 2.11. The molecule has 0 spiro atoms. The third kappa shape index (κ3) is 4.36. The fourth-order valence-corrected chi connectivity index (χ4v) is 2.68. The SMILES string of the molecule is CC(C)(C)CNCC1CCSC1. The molecule has 1 aliphatic heterocycles. The van der Waals surface area contributed by atoms with Crippen LogP contribution in [-0.2, 0) is 0 Å². The molecule has 1 rings (SSSR count). The zero-order chi connectivity index (χ0) is 9.03. The molecule has 1 atom stereocenters. The van der Waals surface area contributed by atoms with Gasteiger partial charge in [0.15, 0.2) is 0 Å². The van der Waals surface area contributed by atoms with Gasteiger partial charge in [-0.3, -0.25) is 0 Å². The van der Waals surface area contributed by atoms with E-state index in [0.717, 1.165) is 12.5 Å². The van der Waals surface area contributed by atoms with Gasteiger partial charge in [-0.2, -0.15) is 11.8 Å². The molecule has 0 amide bonds. The predicted molar refractivity (Wildman–Crippen MR) is 57.8 cm³/mol. The molecule has 2 heteroatoms. The van der Waals surface area contributed by atoms with E-state index in [2.05, 4.69) is 37.8 Å². The van der Waals surface area contributed by atoms with Crippen molar-refractivity contribution >= 4 is 11.8 Å².